The number of amides is 1. The molecule has 0 unspecified atom stereocenters. The van der Waals surface area contributed by atoms with E-state index in [1.54, 1.807) is 11.8 Å². The van der Waals surface area contributed by atoms with E-state index < -0.39 is 0 Å². The first-order chi connectivity index (χ1) is 13.6. The van der Waals surface area contributed by atoms with Crippen molar-refractivity contribution in [2.45, 2.75) is 25.4 Å². The van der Waals surface area contributed by atoms with E-state index in [0.717, 1.165) is 48.4 Å². The Morgan fingerprint density at radius 2 is 2.07 bits per heavy atom. The molecule has 0 saturated carbocycles. The summed E-state index contributed by atoms with van der Waals surface area (Å²) in [6, 6.07) is 9.66. The van der Waals surface area contributed by atoms with Gasteiger partial charge >= 0.3 is 0 Å². The summed E-state index contributed by atoms with van der Waals surface area (Å²) in [5.41, 5.74) is 2.79. The van der Waals surface area contributed by atoms with E-state index in [4.69, 9.17) is 0 Å². The summed E-state index contributed by atoms with van der Waals surface area (Å²) in [4.78, 5) is 19.6. The van der Waals surface area contributed by atoms with E-state index in [2.05, 4.69) is 40.1 Å². The lowest BCUT2D eigenvalue weighted by Crippen LogP contribution is -2.25. The second-order valence-corrected chi connectivity index (χ2v) is 8.20. The van der Waals surface area contributed by atoms with Gasteiger partial charge in [-0.15, -0.1) is 0 Å². The number of rotatable bonds is 10. The molecule has 28 heavy (non-hydrogen) atoms. The molecule has 150 valence electrons. The van der Waals surface area contributed by atoms with Crippen molar-refractivity contribution in [3.05, 3.63) is 49.1 Å². The fourth-order valence-corrected chi connectivity index (χ4v) is 3.76. The van der Waals surface area contributed by atoms with Gasteiger partial charge in [-0.25, -0.2) is 4.98 Å². The third-order valence-electron chi connectivity index (χ3n) is 4.78. The van der Waals surface area contributed by atoms with Crippen LogP contribution in [0.4, 0.5) is 5.69 Å². The molecule has 7 heteroatoms. The van der Waals surface area contributed by atoms with Crippen molar-refractivity contribution in [1.82, 2.24) is 19.0 Å². The zero-order valence-electron chi connectivity index (χ0n) is 16.8. The molecule has 1 N–H and O–H groups in total. The maximum absolute atomic E-state index is 12.9. The molecule has 1 amide bonds. The predicted octanol–water partition coefficient (Wildman–Crippen LogP) is 3.72. The number of fused-ring (bicyclic) bond motifs is 1. The molecule has 2 aromatic heterocycles. The summed E-state index contributed by atoms with van der Waals surface area (Å²) < 4.78 is 4.15. The number of aryl methyl sites for hydroxylation is 1. The minimum atomic E-state index is -0.207. The predicted molar refractivity (Wildman–Crippen MR) is 118 cm³/mol. The fourth-order valence-electron chi connectivity index (χ4n) is 3.30. The van der Waals surface area contributed by atoms with Gasteiger partial charge in [0.05, 0.1) is 17.4 Å². The molecular formula is C21H29N5OS. The minimum absolute atomic E-state index is 0.00927. The molecule has 6 nitrogen and oxygen atoms in total. The third kappa shape index (κ3) is 5.17. The number of hydrogen-bond donors (Lipinski definition) is 1. The highest BCUT2D eigenvalue weighted by molar-refractivity contribution is 7.98. The van der Waals surface area contributed by atoms with Crippen LogP contribution in [0.25, 0.3) is 11.0 Å². The van der Waals surface area contributed by atoms with Gasteiger partial charge in [0, 0.05) is 24.6 Å². The Kier molecular flexibility index (Phi) is 7.17. The molecular weight excluding hydrogens is 370 g/mol. The number of aromatic nitrogens is 3. The first-order valence-corrected chi connectivity index (χ1v) is 11.0. The van der Waals surface area contributed by atoms with Crippen molar-refractivity contribution in [2.75, 3.05) is 38.0 Å². The van der Waals surface area contributed by atoms with Gasteiger partial charge < -0.3 is 19.4 Å². The lowest BCUT2D eigenvalue weighted by molar-refractivity contribution is -0.119. The number of imidazole rings is 1. The van der Waals surface area contributed by atoms with Crippen LogP contribution < -0.4 is 5.32 Å². The highest BCUT2D eigenvalue weighted by atomic mass is 32.2. The zero-order chi connectivity index (χ0) is 19.9. The van der Waals surface area contributed by atoms with Gasteiger partial charge in [-0.1, -0.05) is 0 Å². The van der Waals surface area contributed by atoms with E-state index in [1.165, 1.54) is 0 Å². The normalized spacial score (nSPS) is 12.6. The molecule has 0 bridgehead atoms. The molecule has 1 aromatic carbocycles. The Bertz CT molecular complexity index is 887. The molecule has 0 saturated heterocycles. The maximum Gasteiger partial charge on any atom is 0.247 e. The average molecular weight is 400 g/mol. The fraction of sp³-hybridized carbons (Fsp3) is 0.429. The largest absolute Gasteiger partial charge is 0.342 e. The van der Waals surface area contributed by atoms with Gasteiger partial charge in [-0.2, -0.15) is 11.8 Å². The number of nitrogens with zero attached hydrogens (tertiary/aromatic N) is 4. The monoisotopic (exact) mass is 399 g/mol. The quantitative estimate of drug-likeness (QED) is 0.564. The summed E-state index contributed by atoms with van der Waals surface area (Å²) in [5, 5.41) is 3.07. The number of hydrogen-bond acceptors (Lipinski definition) is 4. The second kappa shape index (κ2) is 9.80. The van der Waals surface area contributed by atoms with Crippen molar-refractivity contribution in [3.63, 3.8) is 0 Å². The van der Waals surface area contributed by atoms with Crippen molar-refractivity contribution in [2.24, 2.45) is 0 Å². The highest BCUT2D eigenvalue weighted by Gasteiger charge is 2.19. The molecule has 0 aliphatic rings. The Labute approximate surface area is 170 Å². The van der Waals surface area contributed by atoms with E-state index >= 15 is 0 Å². The van der Waals surface area contributed by atoms with Crippen molar-refractivity contribution < 1.29 is 4.79 Å². The van der Waals surface area contributed by atoms with Crippen LogP contribution in [0.5, 0.6) is 0 Å². The van der Waals surface area contributed by atoms with E-state index in [-0.39, 0.29) is 11.9 Å². The summed E-state index contributed by atoms with van der Waals surface area (Å²) in [6.07, 6.45) is 9.71. The standard InChI is InChI=1S/C21H29N5OS/c1-24(2)10-6-13-26-16-22-18-15-17(7-8-19(18)26)23-21(27)20(9-14-28-3)25-11-4-5-12-25/h4-5,7-8,11-12,15-16,20H,6,9-10,13-14H2,1-3H3,(H,23,27)/t20-/m0/s1. The van der Waals surface area contributed by atoms with Gasteiger partial charge in [-0.05, 0) is 75.8 Å². The van der Waals surface area contributed by atoms with Crippen LogP contribution in [0.1, 0.15) is 18.9 Å². The number of benzene rings is 1. The number of carbonyl (C=O) groups is 1. The van der Waals surface area contributed by atoms with Crippen LogP contribution in [0.3, 0.4) is 0 Å². The number of anilines is 1. The first kappa shape index (κ1) is 20.5. The molecule has 3 aromatic rings. The molecule has 0 spiro atoms. The summed E-state index contributed by atoms with van der Waals surface area (Å²) >= 11 is 1.75. The molecule has 3 rings (SSSR count). The number of carbonyl (C=O) groups excluding carboxylic acids is 1. The van der Waals surface area contributed by atoms with Crippen LogP contribution in [0, 0.1) is 0 Å². The number of thioether (sulfide) groups is 1. The van der Waals surface area contributed by atoms with Crippen LogP contribution in [0.15, 0.2) is 49.1 Å². The Morgan fingerprint density at radius 3 is 2.79 bits per heavy atom. The third-order valence-corrected chi connectivity index (χ3v) is 5.42. The zero-order valence-corrected chi connectivity index (χ0v) is 17.7. The summed E-state index contributed by atoms with van der Waals surface area (Å²) in [6.45, 7) is 1.98. The van der Waals surface area contributed by atoms with Crippen molar-refractivity contribution >= 4 is 34.4 Å². The molecule has 1 atom stereocenters. The highest BCUT2D eigenvalue weighted by Crippen LogP contribution is 2.21. The van der Waals surface area contributed by atoms with E-state index in [9.17, 15) is 4.79 Å². The first-order valence-electron chi connectivity index (χ1n) is 9.60. The summed E-state index contributed by atoms with van der Waals surface area (Å²) in [5.74, 6) is 0.946. The Morgan fingerprint density at radius 1 is 1.29 bits per heavy atom. The average Bonchev–Trinajstić information content (AvgIpc) is 3.32. The molecule has 2 heterocycles. The minimum Gasteiger partial charge on any atom is -0.342 e. The van der Waals surface area contributed by atoms with E-state index in [1.807, 2.05) is 53.6 Å². The van der Waals surface area contributed by atoms with Gasteiger partial charge in [0.2, 0.25) is 5.91 Å². The van der Waals surface area contributed by atoms with E-state index in [0.29, 0.717) is 0 Å². The SMILES string of the molecule is CSCC[C@@H](C(=O)Nc1ccc2c(c1)ncn2CCCN(C)C)n1cccc1. The Balaban J connectivity index is 1.70. The van der Waals surface area contributed by atoms with Gasteiger partial charge in [-0.3, -0.25) is 4.79 Å². The molecule has 0 aliphatic carbocycles. The van der Waals surface area contributed by atoms with Crippen LogP contribution in [-0.4, -0.2) is 57.6 Å². The summed E-state index contributed by atoms with van der Waals surface area (Å²) in [7, 11) is 4.17. The van der Waals surface area contributed by atoms with Gasteiger partial charge in [0.1, 0.15) is 6.04 Å². The molecule has 0 aliphatic heterocycles. The molecule has 0 fully saturated rings. The van der Waals surface area contributed by atoms with Gasteiger partial charge in [0.15, 0.2) is 0 Å². The second-order valence-electron chi connectivity index (χ2n) is 7.22. The van der Waals surface area contributed by atoms with Crippen molar-refractivity contribution in [1.29, 1.82) is 0 Å². The Hall–Kier alpha value is -2.25. The van der Waals surface area contributed by atoms with Gasteiger partial charge in [0.25, 0.3) is 0 Å². The molecule has 0 radical (unpaired) electrons. The van der Waals surface area contributed by atoms with Crippen LogP contribution >= 0.6 is 11.8 Å². The number of nitrogens with one attached hydrogen (secondary N) is 1. The lowest BCUT2D eigenvalue weighted by atomic mass is 10.2. The van der Waals surface area contributed by atoms with Crippen LogP contribution in [-0.2, 0) is 11.3 Å². The maximum atomic E-state index is 12.9. The lowest BCUT2D eigenvalue weighted by Gasteiger charge is -2.18. The van der Waals surface area contributed by atoms with Crippen LogP contribution in [0.2, 0.25) is 0 Å². The topological polar surface area (TPSA) is 55.1 Å². The smallest absolute Gasteiger partial charge is 0.247 e. The van der Waals surface area contributed by atoms with Crippen molar-refractivity contribution in [3.8, 4) is 0 Å².